The van der Waals surface area contributed by atoms with E-state index in [1.807, 2.05) is 42.5 Å². The van der Waals surface area contributed by atoms with E-state index in [2.05, 4.69) is 18.2 Å². The first-order valence-electron chi connectivity index (χ1n) is 9.04. The molecule has 29 heavy (non-hydrogen) atoms. The molecule has 4 rings (SSSR count). The van der Waals surface area contributed by atoms with Gasteiger partial charge in [0.15, 0.2) is 0 Å². The van der Waals surface area contributed by atoms with E-state index in [1.165, 1.54) is 6.07 Å². The van der Waals surface area contributed by atoms with Crippen LogP contribution in [0.1, 0.15) is 5.56 Å². The van der Waals surface area contributed by atoms with Gasteiger partial charge in [0.1, 0.15) is 5.75 Å². The number of nitro groups is 1. The molecule has 0 spiro atoms. The average molecular weight is 402 g/mol. The van der Waals surface area contributed by atoms with E-state index >= 15 is 0 Å². The predicted molar refractivity (Wildman–Crippen MR) is 116 cm³/mol. The smallest absolute Gasteiger partial charge is 0.269 e. The molecule has 3 aromatic carbocycles. The summed E-state index contributed by atoms with van der Waals surface area (Å²) in [7, 11) is 1.64. The molecule has 1 heterocycles. The summed E-state index contributed by atoms with van der Waals surface area (Å²) in [6, 6.07) is 24.9. The predicted octanol–water partition coefficient (Wildman–Crippen LogP) is 6.11. The van der Waals surface area contributed by atoms with Gasteiger partial charge >= 0.3 is 0 Å². The monoisotopic (exact) mass is 402 g/mol. The number of pyridine rings is 1. The molecule has 0 fully saturated rings. The number of nitrogens with zero attached hydrogens (tertiary/aromatic N) is 2. The minimum absolute atomic E-state index is 0.101. The lowest BCUT2D eigenvalue weighted by molar-refractivity contribution is -0.384. The summed E-state index contributed by atoms with van der Waals surface area (Å²) in [5.74, 6) is 1.35. The number of benzene rings is 3. The van der Waals surface area contributed by atoms with Crippen LogP contribution in [0.5, 0.6) is 5.75 Å². The van der Waals surface area contributed by atoms with Gasteiger partial charge in [0.2, 0.25) is 0 Å². The molecule has 0 aliphatic rings. The van der Waals surface area contributed by atoms with Crippen molar-refractivity contribution in [2.24, 2.45) is 0 Å². The van der Waals surface area contributed by atoms with E-state index in [-0.39, 0.29) is 10.6 Å². The largest absolute Gasteiger partial charge is 0.497 e. The summed E-state index contributed by atoms with van der Waals surface area (Å²) in [5, 5.41) is 12.9. The molecule has 0 radical (unpaired) electrons. The number of ether oxygens (including phenoxy) is 1. The van der Waals surface area contributed by atoms with Crippen LogP contribution in [0.3, 0.4) is 0 Å². The first kappa shape index (κ1) is 19.0. The first-order chi connectivity index (χ1) is 14.1. The number of rotatable bonds is 6. The number of hydrogen-bond acceptors (Lipinski definition) is 5. The molecule has 144 valence electrons. The molecule has 0 saturated heterocycles. The van der Waals surface area contributed by atoms with Gasteiger partial charge in [-0.25, -0.2) is 4.98 Å². The van der Waals surface area contributed by atoms with Crippen molar-refractivity contribution < 1.29 is 9.66 Å². The van der Waals surface area contributed by atoms with Crippen LogP contribution >= 0.6 is 11.8 Å². The Morgan fingerprint density at radius 2 is 1.83 bits per heavy atom. The lowest BCUT2D eigenvalue weighted by atomic mass is 10.0. The van der Waals surface area contributed by atoms with Crippen LogP contribution in [0.4, 0.5) is 5.69 Å². The molecule has 0 unspecified atom stereocenters. The zero-order chi connectivity index (χ0) is 20.2. The fourth-order valence-corrected chi connectivity index (χ4v) is 4.02. The van der Waals surface area contributed by atoms with Crippen LogP contribution in [0.15, 0.2) is 83.9 Å². The maximum Gasteiger partial charge on any atom is 0.269 e. The summed E-state index contributed by atoms with van der Waals surface area (Å²) in [4.78, 5) is 15.4. The highest BCUT2D eigenvalue weighted by atomic mass is 32.2. The second-order valence-electron chi connectivity index (χ2n) is 6.47. The second kappa shape index (κ2) is 8.32. The molecule has 0 amide bonds. The molecule has 0 saturated carbocycles. The molecule has 5 nitrogen and oxygen atoms in total. The van der Waals surface area contributed by atoms with Gasteiger partial charge in [-0.1, -0.05) is 42.5 Å². The Hall–Kier alpha value is -3.38. The zero-order valence-corrected chi connectivity index (χ0v) is 16.6. The van der Waals surface area contributed by atoms with E-state index in [0.717, 1.165) is 38.4 Å². The number of methoxy groups -OCH3 is 1. The van der Waals surface area contributed by atoms with E-state index in [1.54, 1.807) is 31.0 Å². The van der Waals surface area contributed by atoms with Crippen molar-refractivity contribution in [1.82, 2.24) is 4.98 Å². The minimum atomic E-state index is -0.373. The van der Waals surface area contributed by atoms with Gasteiger partial charge in [0.25, 0.3) is 5.69 Å². The third kappa shape index (κ3) is 4.22. The summed E-state index contributed by atoms with van der Waals surface area (Å²) >= 11 is 1.56. The van der Waals surface area contributed by atoms with Gasteiger partial charge in [-0.2, -0.15) is 0 Å². The lowest BCUT2D eigenvalue weighted by Crippen LogP contribution is -1.92. The minimum Gasteiger partial charge on any atom is -0.497 e. The van der Waals surface area contributed by atoms with Gasteiger partial charge < -0.3 is 4.74 Å². The van der Waals surface area contributed by atoms with Crippen molar-refractivity contribution in [3.05, 3.63) is 94.5 Å². The summed E-state index contributed by atoms with van der Waals surface area (Å²) in [6.07, 6.45) is 0. The highest BCUT2D eigenvalue weighted by Gasteiger charge is 2.11. The van der Waals surface area contributed by atoms with E-state index in [4.69, 9.17) is 9.72 Å². The SMILES string of the molecule is COc1ccc2c(-c3ccccc3)cc(SCc3cccc([N+](=O)[O-])c3)nc2c1. The Morgan fingerprint density at radius 1 is 1.00 bits per heavy atom. The quantitative estimate of drug-likeness (QED) is 0.221. The van der Waals surface area contributed by atoms with Crippen LogP contribution < -0.4 is 4.74 Å². The standard InChI is InChI=1S/C23H18N2O3S/c1-28-19-10-11-20-21(17-7-3-2-4-8-17)14-23(24-22(20)13-19)29-15-16-6-5-9-18(12-16)25(26)27/h2-14H,15H2,1H3. The van der Waals surface area contributed by atoms with Crippen molar-refractivity contribution in [3.8, 4) is 16.9 Å². The maximum atomic E-state index is 11.0. The average Bonchev–Trinajstić information content (AvgIpc) is 2.77. The Morgan fingerprint density at radius 3 is 2.59 bits per heavy atom. The third-order valence-corrected chi connectivity index (χ3v) is 5.57. The maximum absolute atomic E-state index is 11.0. The number of non-ortho nitro benzene ring substituents is 1. The van der Waals surface area contributed by atoms with Crippen molar-refractivity contribution >= 4 is 28.4 Å². The number of hydrogen-bond donors (Lipinski definition) is 0. The fourth-order valence-electron chi connectivity index (χ4n) is 3.16. The topological polar surface area (TPSA) is 65.3 Å². The number of fused-ring (bicyclic) bond motifs is 1. The number of thioether (sulfide) groups is 1. The molecule has 1 aromatic heterocycles. The van der Waals surface area contributed by atoms with Crippen molar-refractivity contribution in [2.75, 3.05) is 7.11 Å². The van der Waals surface area contributed by atoms with Crippen molar-refractivity contribution in [3.63, 3.8) is 0 Å². The molecule has 0 aliphatic carbocycles. The van der Waals surface area contributed by atoms with Gasteiger partial charge in [-0.15, -0.1) is 11.8 Å². The van der Waals surface area contributed by atoms with E-state index < -0.39 is 0 Å². The highest BCUT2D eigenvalue weighted by molar-refractivity contribution is 7.98. The number of aromatic nitrogens is 1. The van der Waals surface area contributed by atoms with Crippen molar-refractivity contribution in [1.29, 1.82) is 0 Å². The van der Waals surface area contributed by atoms with Gasteiger partial charge in [-0.3, -0.25) is 10.1 Å². The Labute approximate surface area is 172 Å². The Balaban J connectivity index is 1.72. The number of nitro benzene ring substituents is 1. The molecule has 4 aromatic rings. The van der Waals surface area contributed by atoms with Gasteiger partial charge in [0, 0.05) is 29.3 Å². The molecule has 6 heteroatoms. The van der Waals surface area contributed by atoms with Gasteiger partial charge in [-0.05, 0) is 34.9 Å². The molecular weight excluding hydrogens is 384 g/mol. The van der Waals surface area contributed by atoms with E-state index in [9.17, 15) is 10.1 Å². The highest BCUT2D eigenvalue weighted by Crippen LogP contribution is 2.34. The molecule has 0 bridgehead atoms. The van der Waals surface area contributed by atoms with Crippen molar-refractivity contribution in [2.45, 2.75) is 10.8 Å². The fraction of sp³-hybridized carbons (Fsp3) is 0.0870. The van der Waals surface area contributed by atoms with Crippen LogP contribution in [-0.4, -0.2) is 17.0 Å². The van der Waals surface area contributed by atoms with Crippen LogP contribution in [0, 0.1) is 10.1 Å². The molecule has 0 atom stereocenters. The lowest BCUT2D eigenvalue weighted by Gasteiger charge is -2.11. The second-order valence-corrected chi connectivity index (χ2v) is 7.47. The molecule has 0 N–H and O–H groups in total. The summed E-state index contributed by atoms with van der Waals surface area (Å²) in [6.45, 7) is 0. The van der Waals surface area contributed by atoms with E-state index in [0.29, 0.717) is 5.75 Å². The first-order valence-corrected chi connectivity index (χ1v) is 10.0. The van der Waals surface area contributed by atoms with Crippen LogP contribution in [-0.2, 0) is 5.75 Å². The summed E-state index contributed by atoms with van der Waals surface area (Å²) < 4.78 is 5.36. The van der Waals surface area contributed by atoms with Crippen LogP contribution in [0.2, 0.25) is 0 Å². The normalized spacial score (nSPS) is 10.8. The molecular formula is C23H18N2O3S. The summed E-state index contributed by atoms with van der Waals surface area (Å²) in [5.41, 5.74) is 4.05. The molecule has 0 aliphatic heterocycles. The van der Waals surface area contributed by atoms with Crippen LogP contribution in [0.25, 0.3) is 22.0 Å². The zero-order valence-electron chi connectivity index (χ0n) is 15.7. The Bertz CT molecular complexity index is 1180. The Kier molecular flexibility index (Phi) is 5.44. The van der Waals surface area contributed by atoms with Gasteiger partial charge in [0.05, 0.1) is 22.6 Å². The third-order valence-electron chi connectivity index (χ3n) is 4.59.